The molecule has 2 aliphatic carbocycles. The minimum absolute atomic E-state index is 0.875. The molecule has 0 aliphatic heterocycles. The van der Waals surface area contributed by atoms with Crippen LogP contribution in [0.1, 0.15) is 22.3 Å². The Morgan fingerprint density at radius 1 is 0.657 bits per heavy atom. The molecule has 0 fully saturated rings. The second-order valence-electron chi connectivity index (χ2n) is 9.70. The van der Waals surface area contributed by atoms with E-state index in [9.17, 15) is 0 Å². The van der Waals surface area contributed by atoms with Crippen molar-refractivity contribution in [2.75, 3.05) is 0 Å². The van der Waals surface area contributed by atoms with Gasteiger partial charge in [-0.2, -0.15) is 0 Å². The van der Waals surface area contributed by atoms with E-state index >= 15 is 0 Å². The van der Waals surface area contributed by atoms with Crippen molar-refractivity contribution in [3.8, 4) is 22.3 Å². The molecule has 0 unspecified atom stereocenters. The van der Waals surface area contributed by atoms with E-state index in [1.807, 2.05) is 30.7 Å². The highest BCUT2D eigenvalue weighted by atomic mass is 15.1. The third-order valence-electron chi connectivity index (χ3n) is 7.96. The number of hydrogen-bond donors (Lipinski definition) is 0. The highest BCUT2D eigenvalue weighted by Gasteiger charge is 2.29. The van der Waals surface area contributed by atoms with Crippen molar-refractivity contribution in [3.63, 3.8) is 0 Å². The van der Waals surface area contributed by atoms with Crippen molar-refractivity contribution in [2.24, 2.45) is 0 Å². The predicted molar refractivity (Wildman–Crippen MR) is 140 cm³/mol. The van der Waals surface area contributed by atoms with Gasteiger partial charge in [-0.25, -0.2) is 9.97 Å². The fourth-order valence-electron chi connectivity index (χ4n) is 6.49. The number of nitrogens with zero attached hydrogens (tertiary/aromatic N) is 4. The Hall–Kier alpha value is -4.57. The second-order valence-corrected chi connectivity index (χ2v) is 9.70. The van der Waals surface area contributed by atoms with Gasteiger partial charge in [0.05, 0.1) is 11.7 Å². The van der Waals surface area contributed by atoms with E-state index in [1.54, 1.807) is 0 Å². The second kappa shape index (κ2) is 6.10. The fourth-order valence-corrected chi connectivity index (χ4v) is 6.49. The van der Waals surface area contributed by atoms with Crippen molar-refractivity contribution < 1.29 is 0 Å². The lowest BCUT2D eigenvalue weighted by atomic mass is 9.94. The SMILES string of the molecule is c1ccc2c(c1)Cc1c-2ccc2c1-c1cc3c(cc1C2)c1ccncc1n1c2ncccc2nc31. The van der Waals surface area contributed by atoms with Crippen LogP contribution in [0, 0.1) is 0 Å². The van der Waals surface area contributed by atoms with E-state index in [0.717, 1.165) is 35.2 Å². The van der Waals surface area contributed by atoms with Crippen LogP contribution in [-0.4, -0.2) is 19.4 Å². The number of aromatic nitrogens is 4. The molecule has 4 aromatic heterocycles. The first-order chi connectivity index (χ1) is 17.3. The number of imidazole rings is 1. The van der Waals surface area contributed by atoms with Crippen LogP contribution in [0.2, 0.25) is 0 Å². The van der Waals surface area contributed by atoms with Crippen LogP contribution in [-0.2, 0) is 12.8 Å². The molecule has 4 heterocycles. The normalized spacial score (nSPS) is 13.5. The largest absolute Gasteiger partial charge is 0.274 e. The molecule has 0 saturated carbocycles. The summed E-state index contributed by atoms with van der Waals surface area (Å²) in [5.74, 6) is 0. The van der Waals surface area contributed by atoms with Gasteiger partial charge in [0.25, 0.3) is 0 Å². The Morgan fingerprint density at radius 2 is 1.63 bits per heavy atom. The van der Waals surface area contributed by atoms with Gasteiger partial charge in [0, 0.05) is 23.2 Å². The molecular weight excluding hydrogens is 428 g/mol. The quantitative estimate of drug-likeness (QED) is 0.243. The molecule has 162 valence electrons. The summed E-state index contributed by atoms with van der Waals surface area (Å²) in [6.45, 7) is 0. The zero-order chi connectivity index (χ0) is 22.7. The highest BCUT2D eigenvalue weighted by Crippen LogP contribution is 2.49. The maximum absolute atomic E-state index is 5.05. The Labute approximate surface area is 200 Å². The number of hydrogen-bond acceptors (Lipinski definition) is 3. The monoisotopic (exact) mass is 446 g/mol. The lowest BCUT2D eigenvalue weighted by Gasteiger charge is -2.12. The van der Waals surface area contributed by atoms with Crippen molar-refractivity contribution in [3.05, 3.63) is 108 Å². The summed E-state index contributed by atoms with van der Waals surface area (Å²) in [5.41, 5.74) is 15.0. The minimum atomic E-state index is 0.875. The lowest BCUT2D eigenvalue weighted by Crippen LogP contribution is -1.94. The summed E-state index contributed by atoms with van der Waals surface area (Å²) in [5, 5.41) is 3.59. The van der Waals surface area contributed by atoms with E-state index < -0.39 is 0 Å². The van der Waals surface area contributed by atoms with E-state index in [2.05, 4.69) is 69.0 Å². The van der Waals surface area contributed by atoms with Gasteiger partial charge in [-0.15, -0.1) is 0 Å². The molecule has 0 amide bonds. The zero-order valence-electron chi connectivity index (χ0n) is 18.8. The van der Waals surface area contributed by atoms with Gasteiger partial charge in [-0.3, -0.25) is 9.38 Å². The summed E-state index contributed by atoms with van der Waals surface area (Å²) in [6.07, 6.45) is 7.63. The Bertz CT molecular complexity index is 2070. The van der Waals surface area contributed by atoms with Crippen molar-refractivity contribution in [2.45, 2.75) is 12.8 Å². The molecule has 0 N–H and O–H groups in total. The number of pyridine rings is 3. The summed E-state index contributed by atoms with van der Waals surface area (Å²) in [4.78, 5) is 14.2. The summed E-state index contributed by atoms with van der Waals surface area (Å²) >= 11 is 0. The average Bonchev–Trinajstić information content (AvgIpc) is 3.58. The molecule has 7 aromatic rings. The molecule has 4 nitrogen and oxygen atoms in total. The third-order valence-corrected chi connectivity index (χ3v) is 7.96. The average molecular weight is 447 g/mol. The first-order valence-corrected chi connectivity index (χ1v) is 12.0. The van der Waals surface area contributed by atoms with Gasteiger partial charge >= 0.3 is 0 Å². The molecule has 0 saturated heterocycles. The number of benzene rings is 3. The minimum Gasteiger partial charge on any atom is -0.274 e. The molecule has 35 heavy (non-hydrogen) atoms. The van der Waals surface area contributed by atoms with E-state index in [4.69, 9.17) is 4.98 Å². The molecule has 0 bridgehead atoms. The van der Waals surface area contributed by atoms with Crippen LogP contribution in [0.3, 0.4) is 0 Å². The van der Waals surface area contributed by atoms with E-state index in [0.29, 0.717) is 0 Å². The van der Waals surface area contributed by atoms with Crippen molar-refractivity contribution in [1.82, 2.24) is 19.4 Å². The highest BCUT2D eigenvalue weighted by molar-refractivity contribution is 6.15. The maximum atomic E-state index is 5.05. The number of rotatable bonds is 0. The molecule has 9 rings (SSSR count). The topological polar surface area (TPSA) is 43.1 Å². The van der Waals surface area contributed by atoms with Crippen molar-refractivity contribution in [1.29, 1.82) is 0 Å². The number of fused-ring (bicyclic) bond motifs is 15. The van der Waals surface area contributed by atoms with Crippen LogP contribution in [0.5, 0.6) is 0 Å². The Morgan fingerprint density at radius 3 is 2.63 bits per heavy atom. The predicted octanol–water partition coefficient (Wildman–Crippen LogP) is 6.73. The van der Waals surface area contributed by atoms with Crippen LogP contribution >= 0.6 is 0 Å². The van der Waals surface area contributed by atoms with Gasteiger partial charge in [-0.1, -0.05) is 36.4 Å². The summed E-state index contributed by atoms with van der Waals surface area (Å²) in [6, 6.07) is 24.4. The molecule has 3 aromatic carbocycles. The zero-order valence-corrected chi connectivity index (χ0v) is 18.8. The fraction of sp³-hybridized carbons (Fsp3) is 0.0645. The van der Waals surface area contributed by atoms with Gasteiger partial charge in [0.15, 0.2) is 5.65 Å². The smallest absolute Gasteiger partial charge is 0.165 e. The van der Waals surface area contributed by atoms with Crippen LogP contribution < -0.4 is 0 Å². The Balaban J connectivity index is 1.42. The molecule has 0 spiro atoms. The Kier molecular flexibility index (Phi) is 3.11. The summed E-state index contributed by atoms with van der Waals surface area (Å²) < 4.78 is 2.17. The summed E-state index contributed by atoms with van der Waals surface area (Å²) in [7, 11) is 0. The molecule has 2 aliphatic rings. The van der Waals surface area contributed by atoms with Gasteiger partial charge in [0.2, 0.25) is 0 Å². The van der Waals surface area contributed by atoms with Crippen LogP contribution in [0.25, 0.3) is 60.7 Å². The van der Waals surface area contributed by atoms with E-state index in [1.165, 1.54) is 60.7 Å². The molecule has 0 atom stereocenters. The molecule has 0 radical (unpaired) electrons. The first-order valence-electron chi connectivity index (χ1n) is 12.0. The molecule has 4 heteroatoms. The lowest BCUT2D eigenvalue weighted by molar-refractivity contribution is 1.22. The van der Waals surface area contributed by atoms with Gasteiger partial charge < -0.3 is 0 Å². The standard InChI is InChI=1S/C31H18N4/c1-2-5-20-17(4-1)13-25-21(20)8-7-18-12-19-14-24-22-9-11-32-16-28(22)35-30(26(24)15-23(19)29(18)25)34-27-6-3-10-33-31(27)35/h1-11,14-16H,12-13H2. The first kappa shape index (κ1) is 17.8. The molecular formula is C31H18N4. The van der Waals surface area contributed by atoms with Gasteiger partial charge in [-0.05, 0) is 93.1 Å². The third kappa shape index (κ3) is 2.15. The van der Waals surface area contributed by atoms with Crippen molar-refractivity contribution >= 4 is 38.5 Å². The van der Waals surface area contributed by atoms with Crippen LogP contribution in [0.15, 0.2) is 85.3 Å². The van der Waals surface area contributed by atoms with Crippen LogP contribution in [0.4, 0.5) is 0 Å². The van der Waals surface area contributed by atoms with Gasteiger partial charge in [0.1, 0.15) is 11.2 Å². The van der Waals surface area contributed by atoms with E-state index in [-0.39, 0.29) is 0 Å². The maximum Gasteiger partial charge on any atom is 0.165 e.